The average molecular weight is 501 g/mol. The molecule has 7 aromatic carbocycles. The molecule has 1 aliphatic carbocycles. The van der Waals surface area contributed by atoms with Crippen LogP contribution in [0, 0.1) is 0 Å². The molecule has 0 saturated heterocycles. The van der Waals surface area contributed by atoms with E-state index in [1.165, 1.54) is 0 Å². The van der Waals surface area contributed by atoms with E-state index in [-0.39, 0.29) is 11.5 Å². The molecule has 0 heterocycles. The lowest BCUT2D eigenvalue weighted by Gasteiger charge is -2.37. The maximum Gasteiger partial charge on any atom is 0.121 e. The summed E-state index contributed by atoms with van der Waals surface area (Å²) in [6, 6.07) is 45.2. The SMILES string of the molecule is Oc1ccc2ccccc2c1C1(c2c(O)ccc3ccccc23)c2ccccc2-c2ccc3ccccc3c21. The molecule has 0 spiro atoms. The van der Waals surface area contributed by atoms with Crippen molar-refractivity contribution in [3.8, 4) is 22.6 Å². The summed E-state index contributed by atoms with van der Waals surface area (Å²) >= 11 is 0. The van der Waals surface area contributed by atoms with E-state index >= 15 is 0 Å². The molecule has 2 heteroatoms. The van der Waals surface area contributed by atoms with E-state index in [0.29, 0.717) is 0 Å². The fraction of sp³-hybridized carbons (Fsp3) is 0.0270. The lowest BCUT2D eigenvalue weighted by molar-refractivity contribution is 0.451. The molecule has 0 amide bonds. The maximum absolute atomic E-state index is 11.9. The fourth-order valence-corrected chi connectivity index (χ4v) is 7.03. The van der Waals surface area contributed by atoms with Crippen molar-refractivity contribution < 1.29 is 10.2 Å². The fourth-order valence-electron chi connectivity index (χ4n) is 7.03. The second kappa shape index (κ2) is 7.96. The van der Waals surface area contributed by atoms with Crippen LogP contribution in [0.4, 0.5) is 0 Å². The number of hydrogen-bond acceptors (Lipinski definition) is 2. The maximum atomic E-state index is 11.9. The van der Waals surface area contributed by atoms with Crippen molar-refractivity contribution in [3.63, 3.8) is 0 Å². The van der Waals surface area contributed by atoms with E-state index in [1.54, 1.807) is 12.1 Å². The van der Waals surface area contributed by atoms with Crippen LogP contribution < -0.4 is 0 Å². The zero-order valence-corrected chi connectivity index (χ0v) is 21.1. The number of benzene rings is 7. The van der Waals surface area contributed by atoms with Gasteiger partial charge in [-0.25, -0.2) is 0 Å². The van der Waals surface area contributed by atoms with Gasteiger partial charge in [-0.2, -0.15) is 0 Å². The van der Waals surface area contributed by atoms with Crippen LogP contribution in [0.15, 0.2) is 133 Å². The summed E-state index contributed by atoms with van der Waals surface area (Å²) in [4.78, 5) is 0. The van der Waals surface area contributed by atoms with Crippen molar-refractivity contribution in [3.05, 3.63) is 156 Å². The summed E-state index contributed by atoms with van der Waals surface area (Å²) in [5.74, 6) is 0.410. The summed E-state index contributed by atoms with van der Waals surface area (Å²) in [6.45, 7) is 0. The van der Waals surface area contributed by atoms with Gasteiger partial charge in [0.1, 0.15) is 11.5 Å². The Morgan fingerprint density at radius 1 is 0.359 bits per heavy atom. The molecule has 0 aromatic heterocycles. The van der Waals surface area contributed by atoms with E-state index in [1.807, 2.05) is 36.4 Å². The zero-order chi connectivity index (χ0) is 26.1. The first-order chi connectivity index (χ1) is 19.2. The molecule has 7 aromatic rings. The predicted molar refractivity (Wildman–Crippen MR) is 160 cm³/mol. The van der Waals surface area contributed by atoms with Crippen LogP contribution in [0.2, 0.25) is 0 Å². The van der Waals surface area contributed by atoms with E-state index in [9.17, 15) is 10.2 Å². The second-order valence-electron chi connectivity index (χ2n) is 10.4. The molecule has 2 nitrogen and oxygen atoms in total. The van der Waals surface area contributed by atoms with Gasteiger partial charge in [-0.15, -0.1) is 0 Å². The third-order valence-electron chi connectivity index (χ3n) is 8.49. The van der Waals surface area contributed by atoms with Gasteiger partial charge in [0.2, 0.25) is 0 Å². The third-order valence-corrected chi connectivity index (χ3v) is 8.49. The van der Waals surface area contributed by atoms with Crippen molar-refractivity contribution in [2.45, 2.75) is 5.41 Å². The normalized spacial score (nSPS) is 13.5. The van der Waals surface area contributed by atoms with Crippen molar-refractivity contribution in [1.82, 2.24) is 0 Å². The molecule has 8 rings (SSSR count). The van der Waals surface area contributed by atoms with Crippen molar-refractivity contribution in [2.75, 3.05) is 0 Å². The summed E-state index contributed by atoms with van der Waals surface area (Å²) in [6.07, 6.45) is 0. The summed E-state index contributed by atoms with van der Waals surface area (Å²) < 4.78 is 0. The second-order valence-corrected chi connectivity index (χ2v) is 10.4. The molecular weight excluding hydrogens is 476 g/mol. The first-order valence-corrected chi connectivity index (χ1v) is 13.2. The zero-order valence-electron chi connectivity index (χ0n) is 21.1. The van der Waals surface area contributed by atoms with Crippen LogP contribution in [-0.2, 0) is 5.41 Å². The summed E-state index contributed by atoms with van der Waals surface area (Å²) in [5, 5.41) is 30.0. The van der Waals surface area contributed by atoms with Gasteiger partial charge in [0, 0.05) is 11.1 Å². The topological polar surface area (TPSA) is 40.5 Å². The molecular formula is C37H24O2. The van der Waals surface area contributed by atoms with Crippen LogP contribution in [0.25, 0.3) is 43.4 Å². The molecule has 0 atom stereocenters. The van der Waals surface area contributed by atoms with Gasteiger partial charge >= 0.3 is 0 Å². The molecule has 0 unspecified atom stereocenters. The Labute approximate surface area is 226 Å². The first-order valence-electron chi connectivity index (χ1n) is 13.2. The standard InChI is InChI=1S/C37H24O2/c38-32-21-18-24-10-2-5-13-27(24)35(32)37(36-28-14-6-3-11-25(28)19-22-33(36)39)31-16-8-7-15-29(31)30-20-17-23-9-1-4-12-26(23)34(30)37/h1-22,38-39H. The van der Waals surface area contributed by atoms with Crippen molar-refractivity contribution in [2.24, 2.45) is 0 Å². The molecule has 0 aliphatic heterocycles. The minimum Gasteiger partial charge on any atom is -0.508 e. The van der Waals surface area contributed by atoms with Gasteiger partial charge in [-0.05, 0) is 66.7 Å². The molecule has 0 bridgehead atoms. The number of hydrogen-bond donors (Lipinski definition) is 2. The Balaban J connectivity index is 1.73. The van der Waals surface area contributed by atoms with Crippen LogP contribution in [0.3, 0.4) is 0 Å². The summed E-state index contributed by atoms with van der Waals surface area (Å²) in [5.41, 5.74) is 4.95. The third kappa shape index (κ3) is 2.81. The highest BCUT2D eigenvalue weighted by Gasteiger charge is 2.51. The number of aromatic hydroxyl groups is 2. The summed E-state index contributed by atoms with van der Waals surface area (Å²) in [7, 11) is 0. The van der Waals surface area contributed by atoms with E-state index in [4.69, 9.17) is 0 Å². The van der Waals surface area contributed by atoms with Gasteiger partial charge in [0.15, 0.2) is 0 Å². The lowest BCUT2D eigenvalue weighted by atomic mass is 9.64. The van der Waals surface area contributed by atoms with E-state index < -0.39 is 5.41 Å². The molecule has 1 aliphatic rings. The van der Waals surface area contributed by atoms with E-state index in [2.05, 4.69) is 84.9 Å². The predicted octanol–water partition coefficient (Wildman–Crippen LogP) is 8.92. The Bertz CT molecular complexity index is 2020. The lowest BCUT2D eigenvalue weighted by Crippen LogP contribution is -2.30. The molecule has 0 radical (unpaired) electrons. The Morgan fingerprint density at radius 3 is 1.36 bits per heavy atom. The number of phenols is 2. The monoisotopic (exact) mass is 500 g/mol. The highest BCUT2D eigenvalue weighted by Crippen LogP contribution is 2.63. The number of fused-ring (bicyclic) bond motifs is 7. The highest BCUT2D eigenvalue weighted by molar-refractivity contribution is 6.06. The average Bonchev–Trinajstić information content (AvgIpc) is 3.28. The Hall–Kier alpha value is -5.08. The molecule has 0 fully saturated rings. The minimum atomic E-state index is -0.983. The van der Waals surface area contributed by atoms with Crippen LogP contribution in [0.1, 0.15) is 22.3 Å². The molecule has 184 valence electrons. The smallest absolute Gasteiger partial charge is 0.121 e. The highest BCUT2D eigenvalue weighted by atomic mass is 16.3. The first kappa shape index (κ1) is 22.0. The Kier molecular flexibility index (Phi) is 4.48. The van der Waals surface area contributed by atoms with Crippen LogP contribution >= 0.6 is 0 Å². The Morgan fingerprint density at radius 2 is 0.795 bits per heavy atom. The molecule has 0 saturated carbocycles. The van der Waals surface area contributed by atoms with E-state index in [0.717, 1.165) is 65.7 Å². The van der Waals surface area contributed by atoms with Crippen molar-refractivity contribution in [1.29, 1.82) is 0 Å². The van der Waals surface area contributed by atoms with Crippen LogP contribution in [0.5, 0.6) is 11.5 Å². The largest absolute Gasteiger partial charge is 0.508 e. The van der Waals surface area contributed by atoms with Gasteiger partial charge in [0.25, 0.3) is 0 Å². The quantitative estimate of drug-likeness (QED) is 0.249. The van der Waals surface area contributed by atoms with Gasteiger partial charge in [0.05, 0.1) is 5.41 Å². The van der Waals surface area contributed by atoms with Gasteiger partial charge in [-0.1, -0.05) is 121 Å². The number of phenolic OH excluding ortho intramolecular Hbond substituents is 2. The molecule has 39 heavy (non-hydrogen) atoms. The molecule has 2 N–H and O–H groups in total. The minimum absolute atomic E-state index is 0.205. The van der Waals surface area contributed by atoms with Crippen molar-refractivity contribution >= 4 is 32.3 Å². The van der Waals surface area contributed by atoms with Gasteiger partial charge in [-0.3, -0.25) is 0 Å². The van der Waals surface area contributed by atoms with Gasteiger partial charge < -0.3 is 10.2 Å². The van der Waals surface area contributed by atoms with Crippen LogP contribution in [-0.4, -0.2) is 10.2 Å². The number of rotatable bonds is 2.